The van der Waals surface area contributed by atoms with Crippen molar-refractivity contribution in [3.63, 3.8) is 0 Å². The van der Waals surface area contributed by atoms with E-state index in [4.69, 9.17) is 4.74 Å². The SMILES string of the molecule is O=C1/C(=C/C2=CCc3ccc(Br)cc32)Oc2c1ccc(O)c2CN1CCCCC1. The number of ketones is 1. The summed E-state index contributed by atoms with van der Waals surface area (Å²) in [5, 5.41) is 10.5. The van der Waals surface area contributed by atoms with Gasteiger partial charge < -0.3 is 9.84 Å². The van der Waals surface area contributed by atoms with E-state index in [0.29, 0.717) is 29.2 Å². The summed E-state index contributed by atoms with van der Waals surface area (Å²) < 4.78 is 7.06. The molecule has 0 bridgehead atoms. The number of aromatic hydroxyl groups is 1. The number of phenols is 1. The lowest BCUT2D eigenvalue weighted by Gasteiger charge is -2.27. The van der Waals surface area contributed by atoms with E-state index in [0.717, 1.165) is 35.1 Å². The third kappa shape index (κ3) is 3.43. The first kappa shape index (κ1) is 18.6. The van der Waals surface area contributed by atoms with Crippen LogP contribution in [0.4, 0.5) is 0 Å². The molecular formula is C24H22BrNO3. The third-order valence-corrected chi connectivity index (χ3v) is 6.45. The number of carbonyl (C=O) groups excluding carboxylic acids is 1. The molecule has 5 heteroatoms. The maximum atomic E-state index is 13.0. The van der Waals surface area contributed by atoms with E-state index in [1.54, 1.807) is 12.1 Å². The highest BCUT2D eigenvalue weighted by atomic mass is 79.9. The summed E-state index contributed by atoms with van der Waals surface area (Å²) in [5.41, 5.74) is 4.61. The van der Waals surface area contributed by atoms with E-state index in [-0.39, 0.29) is 11.5 Å². The zero-order chi connectivity index (χ0) is 20.0. The molecule has 0 unspecified atom stereocenters. The number of phenolic OH excluding ortho intramolecular Hbond substituents is 1. The summed E-state index contributed by atoms with van der Waals surface area (Å²) in [5.74, 6) is 0.909. The highest BCUT2D eigenvalue weighted by Gasteiger charge is 2.32. The van der Waals surface area contributed by atoms with Crippen molar-refractivity contribution in [1.82, 2.24) is 4.90 Å². The van der Waals surface area contributed by atoms with Gasteiger partial charge in [-0.15, -0.1) is 0 Å². The molecule has 0 saturated carbocycles. The number of hydrogen-bond acceptors (Lipinski definition) is 4. The minimum atomic E-state index is -0.121. The lowest BCUT2D eigenvalue weighted by atomic mass is 10.0. The lowest BCUT2D eigenvalue weighted by molar-refractivity contribution is 0.101. The van der Waals surface area contributed by atoms with Crippen molar-refractivity contribution in [2.45, 2.75) is 32.2 Å². The Balaban J connectivity index is 1.46. The molecule has 0 aromatic heterocycles. The smallest absolute Gasteiger partial charge is 0.231 e. The van der Waals surface area contributed by atoms with Gasteiger partial charge in [0.25, 0.3) is 0 Å². The molecule has 1 saturated heterocycles. The van der Waals surface area contributed by atoms with Crippen molar-refractivity contribution in [2.24, 2.45) is 0 Å². The fourth-order valence-corrected chi connectivity index (χ4v) is 4.76. The third-order valence-electron chi connectivity index (χ3n) is 5.96. The van der Waals surface area contributed by atoms with E-state index in [1.165, 1.54) is 24.8 Å². The van der Waals surface area contributed by atoms with Gasteiger partial charge in [-0.05, 0) is 79.4 Å². The summed E-state index contributed by atoms with van der Waals surface area (Å²) in [4.78, 5) is 15.3. The summed E-state index contributed by atoms with van der Waals surface area (Å²) in [7, 11) is 0. The molecule has 1 aliphatic carbocycles. The van der Waals surface area contributed by atoms with Crippen LogP contribution in [0.15, 0.2) is 52.7 Å². The molecule has 5 rings (SSSR count). The van der Waals surface area contributed by atoms with Crippen LogP contribution in [0.1, 0.15) is 46.3 Å². The molecule has 148 valence electrons. The highest BCUT2D eigenvalue weighted by molar-refractivity contribution is 9.10. The van der Waals surface area contributed by atoms with Gasteiger partial charge >= 0.3 is 0 Å². The number of fused-ring (bicyclic) bond motifs is 2. The molecule has 3 aliphatic rings. The predicted molar refractivity (Wildman–Crippen MR) is 116 cm³/mol. The van der Waals surface area contributed by atoms with E-state index in [2.05, 4.69) is 39.0 Å². The van der Waals surface area contributed by atoms with Gasteiger partial charge in [0.15, 0.2) is 5.76 Å². The van der Waals surface area contributed by atoms with Crippen LogP contribution in [0, 0.1) is 0 Å². The van der Waals surface area contributed by atoms with Crippen LogP contribution >= 0.6 is 15.9 Å². The van der Waals surface area contributed by atoms with Gasteiger partial charge in [-0.1, -0.05) is 34.5 Å². The largest absolute Gasteiger partial charge is 0.507 e. The summed E-state index contributed by atoms with van der Waals surface area (Å²) >= 11 is 3.53. The van der Waals surface area contributed by atoms with Crippen LogP contribution in [-0.4, -0.2) is 28.9 Å². The molecule has 1 fully saturated rings. The normalized spacial score (nSPS) is 19.8. The number of allylic oxidation sites excluding steroid dienone is 4. The van der Waals surface area contributed by atoms with E-state index >= 15 is 0 Å². The van der Waals surface area contributed by atoms with Crippen molar-refractivity contribution >= 4 is 27.3 Å². The summed E-state index contributed by atoms with van der Waals surface area (Å²) in [6.07, 6.45) is 8.40. The highest BCUT2D eigenvalue weighted by Crippen LogP contribution is 2.41. The van der Waals surface area contributed by atoms with Gasteiger partial charge in [-0.3, -0.25) is 9.69 Å². The number of likely N-dealkylation sites (tertiary alicyclic amines) is 1. The average Bonchev–Trinajstić information content (AvgIpc) is 3.26. The van der Waals surface area contributed by atoms with E-state index in [1.807, 2.05) is 12.1 Å². The molecule has 1 N–H and O–H groups in total. The van der Waals surface area contributed by atoms with Crippen molar-refractivity contribution in [3.05, 3.63) is 75.0 Å². The Morgan fingerprint density at radius 1 is 1.10 bits per heavy atom. The molecule has 0 amide bonds. The second kappa shape index (κ2) is 7.47. The molecule has 0 spiro atoms. The van der Waals surface area contributed by atoms with Crippen molar-refractivity contribution in [2.75, 3.05) is 13.1 Å². The Hall–Kier alpha value is -2.37. The van der Waals surface area contributed by atoms with Crippen LogP contribution < -0.4 is 4.74 Å². The monoisotopic (exact) mass is 451 g/mol. The molecular weight excluding hydrogens is 430 g/mol. The number of rotatable bonds is 3. The predicted octanol–water partition coefficient (Wildman–Crippen LogP) is 5.24. The average molecular weight is 452 g/mol. The van der Waals surface area contributed by atoms with Crippen LogP contribution in [0.5, 0.6) is 11.5 Å². The van der Waals surface area contributed by atoms with E-state index < -0.39 is 0 Å². The van der Waals surface area contributed by atoms with Crippen LogP contribution in [0.25, 0.3) is 5.57 Å². The maximum absolute atomic E-state index is 13.0. The number of nitrogens with zero attached hydrogens (tertiary/aromatic N) is 1. The number of piperidine rings is 1. The minimum Gasteiger partial charge on any atom is -0.507 e. The van der Waals surface area contributed by atoms with Gasteiger partial charge in [-0.25, -0.2) is 0 Å². The van der Waals surface area contributed by atoms with Crippen molar-refractivity contribution < 1.29 is 14.6 Å². The quantitative estimate of drug-likeness (QED) is 0.648. The first-order valence-electron chi connectivity index (χ1n) is 10.1. The van der Waals surface area contributed by atoms with Gasteiger partial charge in [0, 0.05) is 11.0 Å². The fourth-order valence-electron chi connectivity index (χ4n) is 4.39. The number of ether oxygens (including phenoxy) is 1. The second-order valence-corrected chi connectivity index (χ2v) is 8.80. The molecule has 29 heavy (non-hydrogen) atoms. The standard InChI is InChI=1S/C24H22BrNO3/c25-17-7-6-15-4-5-16(19(15)13-17)12-22-23(28)18-8-9-21(27)20(24(18)29-22)14-26-10-2-1-3-11-26/h5-9,12-13,27H,1-4,10-11,14H2/b22-12-. The van der Waals surface area contributed by atoms with Gasteiger partial charge in [0.2, 0.25) is 5.78 Å². The number of benzene rings is 2. The fraction of sp³-hybridized carbons (Fsp3) is 0.292. The van der Waals surface area contributed by atoms with Crippen LogP contribution in [0.2, 0.25) is 0 Å². The molecule has 2 heterocycles. The summed E-state index contributed by atoms with van der Waals surface area (Å²) in [6, 6.07) is 9.49. The van der Waals surface area contributed by atoms with Crippen molar-refractivity contribution in [3.8, 4) is 11.5 Å². The van der Waals surface area contributed by atoms with Gasteiger partial charge in [-0.2, -0.15) is 0 Å². The Morgan fingerprint density at radius 3 is 2.76 bits per heavy atom. The number of carbonyl (C=O) groups is 1. The second-order valence-electron chi connectivity index (χ2n) is 7.88. The van der Waals surface area contributed by atoms with Crippen LogP contribution in [-0.2, 0) is 13.0 Å². The Kier molecular flexibility index (Phi) is 4.80. The van der Waals surface area contributed by atoms with E-state index in [9.17, 15) is 9.90 Å². The molecule has 2 aromatic rings. The first-order valence-corrected chi connectivity index (χ1v) is 10.9. The number of Topliss-reactive ketones (excluding diaryl/α,β-unsaturated/α-hetero) is 1. The molecule has 0 atom stereocenters. The Labute approximate surface area is 178 Å². The molecule has 0 radical (unpaired) electrons. The van der Waals surface area contributed by atoms with Gasteiger partial charge in [0.05, 0.1) is 11.1 Å². The zero-order valence-electron chi connectivity index (χ0n) is 16.1. The molecule has 4 nitrogen and oxygen atoms in total. The molecule has 2 aromatic carbocycles. The number of halogens is 1. The lowest BCUT2D eigenvalue weighted by Crippen LogP contribution is -2.29. The summed E-state index contributed by atoms with van der Waals surface area (Å²) in [6.45, 7) is 2.63. The Bertz CT molecular complexity index is 1060. The number of hydrogen-bond donors (Lipinski definition) is 1. The Morgan fingerprint density at radius 2 is 1.93 bits per heavy atom. The minimum absolute atomic E-state index is 0.121. The molecule has 2 aliphatic heterocycles. The van der Waals surface area contributed by atoms with Gasteiger partial charge in [0.1, 0.15) is 11.5 Å². The first-order chi connectivity index (χ1) is 14.1. The topological polar surface area (TPSA) is 49.8 Å². The zero-order valence-corrected chi connectivity index (χ0v) is 17.7. The van der Waals surface area contributed by atoms with Crippen molar-refractivity contribution in [1.29, 1.82) is 0 Å². The van der Waals surface area contributed by atoms with Crippen LogP contribution in [0.3, 0.4) is 0 Å². The maximum Gasteiger partial charge on any atom is 0.231 e.